The highest BCUT2D eigenvalue weighted by Crippen LogP contribution is 2.62. The number of ether oxygens (including phenoxy) is 1. The lowest BCUT2D eigenvalue weighted by Gasteiger charge is -2.49. The third-order valence-electron chi connectivity index (χ3n) is 6.81. The summed E-state index contributed by atoms with van der Waals surface area (Å²) in [5, 5.41) is 0. The van der Waals surface area contributed by atoms with Gasteiger partial charge in [0.15, 0.2) is 5.78 Å². The molecule has 0 aromatic rings. The van der Waals surface area contributed by atoms with E-state index in [9.17, 15) is 9.59 Å². The lowest BCUT2D eigenvalue weighted by atomic mass is 9.56. The average molecular weight is 359 g/mol. The van der Waals surface area contributed by atoms with Crippen LogP contribution in [0.3, 0.4) is 0 Å². The number of allylic oxidation sites excluding steroid dienone is 3. The molecule has 0 bridgehead atoms. The van der Waals surface area contributed by atoms with Crippen LogP contribution in [0.5, 0.6) is 0 Å². The summed E-state index contributed by atoms with van der Waals surface area (Å²) in [6, 6.07) is 0. The second kappa shape index (κ2) is 6.35. The summed E-state index contributed by atoms with van der Waals surface area (Å²) in [5.41, 5.74) is 3.65. The number of rotatable bonds is 3. The fourth-order valence-electron chi connectivity index (χ4n) is 5.01. The lowest BCUT2D eigenvalue weighted by Crippen LogP contribution is -2.43. The molecule has 3 aliphatic rings. The molecule has 3 nitrogen and oxygen atoms in total. The monoisotopic (exact) mass is 358 g/mol. The summed E-state index contributed by atoms with van der Waals surface area (Å²) in [7, 11) is 0. The summed E-state index contributed by atoms with van der Waals surface area (Å²) in [6.07, 6.45) is 7.71. The van der Waals surface area contributed by atoms with Crippen LogP contribution in [0.15, 0.2) is 22.8 Å². The van der Waals surface area contributed by atoms with Gasteiger partial charge in [-0.1, -0.05) is 26.3 Å². The molecule has 0 N–H and O–H groups in total. The minimum Gasteiger partial charge on any atom is -0.464 e. The Kier molecular flexibility index (Phi) is 4.74. The van der Waals surface area contributed by atoms with Crippen molar-refractivity contribution in [2.24, 2.45) is 22.2 Å². The Morgan fingerprint density at radius 2 is 1.85 bits per heavy atom. The van der Waals surface area contributed by atoms with E-state index < -0.39 is 5.41 Å². The third kappa shape index (κ3) is 3.18. The molecule has 0 aliphatic heterocycles. The maximum Gasteiger partial charge on any atom is 0.311 e. The van der Waals surface area contributed by atoms with E-state index in [0.29, 0.717) is 18.9 Å². The highest BCUT2D eigenvalue weighted by molar-refractivity contribution is 5.93. The van der Waals surface area contributed by atoms with E-state index in [1.165, 1.54) is 23.1 Å². The van der Waals surface area contributed by atoms with Gasteiger partial charge in [-0.3, -0.25) is 9.59 Å². The van der Waals surface area contributed by atoms with E-state index in [2.05, 4.69) is 20.8 Å². The first-order valence-electron chi connectivity index (χ1n) is 10.1. The number of hydrogen-bond donors (Lipinski definition) is 0. The van der Waals surface area contributed by atoms with Gasteiger partial charge < -0.3 is 4.74 Å². The molecule has 0 unspecified atom stereocenters. The summed E-state index contributed by atoms with van der Waals surface area (Å²) in [5.74, 6) is 0.572. The zero-order valence-corrected chi connectivity index (χ0v) is 17.3. The molecule has 0 heterocycles. The van der Waals surface area contributed by atoms with E-state index in [1.54, 1.807) is 0 Å². The second-order valence-corrected chi connectivity index (χ2v) is 10.2. The summed E-state index contributed by atoms with van der Waals surface area (Å²) in [6.45, 7) is 13.0. The summed E-state index contributed by atoms with van der Waals surface area (Å²) >= 11 is 0. The van der Waals surface area contributed by atoms with Crippen LogP contribution in [0.1, 0.15) is 80.1 Å². The quantitative estimate of drug-likeness (QED) is 0.635. The van der Waals surface area contributed by atoms with Crippen molar-refractivity contribution in [3.63, 3.8) is 0 Å². The first kappa shape index (κ1) is 19.4. The number of ketones is 1. The fraction of sp³-hybridized carbons (Fsp3) is 0.739. The Bertz CT molecular complexity index is 689. The predicted molar refractivity (Wildman–Crippen MR) is 104 cm³/mol. The molecule has 1 fully saturated rings. The molecule has 0 radical (unpaired) electrons. The van der Waals surface area contributed by atoms with Crippen LogP contribution in [0.25, 0.3) is 0 Å². The second-order valence-electron chi connectivity index (χ2n) is 10.2. The number of fused-ring (bicyclic) bond motifs is 3. The topological polar surface area (TPSA) is 43.4 Å². The number of carbonyl (C=O) groups is 2. The summed E-state index contributed by atoms with van der Waals surface area (Å²) < 4.78 is 5.80. The first-order chi connectivity index (χ1) is 12.0. The normalized spacial score (nSPS) is 31.7. The molecule has 0 saturated heterocycles. The van der Waals surface area contributed by atoms with Gasteiger partial charge in [0.1, 0.15) is 6.61 Å². The first-order valence-corrected chi connectivity index (χ1v) is 10.1. The van der Waals surface area contributed by atoms with Crippen molar-refractivity contribution in [1.82, 2.24) is 0 Å². The standard InChI is InChI=1S/C23H34O3/c1-15(2)17-8-9-22(6)11-12-23(14-26-20(25)21(3,4)5)10-7-16(24)13-18(23)19(17)22/h13,15H,7-12,14H2,1-6H3/t22-,23-/m1/s1. The fourth-order valence-corrected chi connectivity index (χ4v) is 5.01. The molecule has 0 spiro atoms. The molecule has 144 valence electrons. The zero-order chi connectivity index (χ0) is 19.3. The van der Waals surface area contributed by atoms with Crippen molar-refractivity contribution in [3.8, 4) is 0 Å². The highest BCUT2D eigenvalue weighted by Gasteiger charge is 2.52. The Balaban J connectivity index is 2.00. The molecule has 3 aliphatic carbocycles. The Hall–Kier alpha value is -1.38. The summed E-state index contributed by atoms with van der Waals surface area (Å²) in [4.78, 5) is 24.7. The number of esters is 1. The molecule has 0 aromatic heterocycles. The van der Waals surface area contributed by atoms with Gasteiger partial charge in [0, 0.05) is 11.8 Å². The molecule has 26 heavy (non-hydrogen) atoms. The van der Waals surface area contributed by atoms with Gasteiger partial charge in [-0.2, -0.15) is 0 Å². The molecule has 1 saturated carbocycles. The maximum atomic E-state index is 12.4. The highest BCUT2D eigenvalue weighted by atomic mass is 16.5. The largest absolute Gasteiger partial charge is 0.464 e. The molecular formula is C23H34O3. The van der Waals surface area contributed by atoms with Crippen LogP contribution in [0.4, 0.5) is 0 Å². The molecule has 2 atom stereocenters. The van der Waals surface area contributed by atoms with Crippen LogP contribution in [-0.2, 0) is 14.3 Å². The van der Waals surface area contributed by atoms with Crippen molar-refractivity contribution in [1.29, 1.82) is 0 Å². The van der Waals surface area contributed by atoms with Crippen LogP contribution in [0, 0.1) is 22.2 Å². The van der Waals surface area contributed by atoms with E-state index in [0.717, 1.165) is 25.7 Å². The third-order valence-corrected chi connectivity index (χ3v) is 6.81. The van der Waals surface area contributed by atoms with Gasteiger partial charge >= 0.3 is 5.97 Å². The van der Waals surface area contributed by atoms with Gasteiger partial charge in [-0.15, -0.1) is 0 Å². The number of carbonyl (C=O) groups excluding carboxylic acids is 2. The average Bonchev–Trinajstić information content (AvgIpc) is 2.90. The SMILES string of the molecule is CC(C)C1=C2C3=CC(=O)CC[C@]3(COC(=O)C(C)(C)C)CC[C@@]2(C)CC1. The maximum absolute atomic E-state index is 12.4. The van der Waals surface area contributed by atoms with E-state index in [-0.39, 0.29) is 22.6 Å². The number of hydrogen-bond acceptors (Lipinski definition) is 3. The smallest absolute Gasteiger partial charge is 0.311 e. The van der Waals surface area contributed by atoms with Gasteiger partial charge in [-0.25, -0.2) is 0 Å². The van der Waals surface area contributed by atoms with Crippen molar-refractivity contribution >= 4 is 11.8 Å². The van der Waals surface area contributed by atoms with Gasteiger partial charge in [-0.05, 0) is 81.4 Å². The van der Waals surface area contributed by atoms with Crippen LogP contribution in [-0.4, -0.2) is 18.4 Å². The van der Waals surface area contributed by atoms with Crippen molar-refractivity contribution in [2.75, 3.05) is 6.61 Å². The Morgan fingerprint density at radius 1 is 1.15 bits per heavy atom. The molecule has 0 amide bonds. The minimum absolute atomic E-state index is 0.152. The van der Waals surface area contributed by atoms with Crippen LogP contribution >= 0.6 is 0 Å². The van der Waals surface area contributed by atoms with E-state index in [4.69, 9.17) is 4.74 Å². The van der Waals surface area contributed by atoms with E-state index in [1.807, 2.05) is 26.8 Å². The van der Waals surface area contributed by atoms with Crippen molar-refractivity contribution < 1.29 is 14.3 Å². The predicted octanol–water partition coefficient (Wildman–Crippen LogP) is 5.40. The molecule has 3 rings (SSSR count). The zero-order valence-electron chi connectivity index (χ0n) is 17.3. The van der Waals surface area contributed by atoms with Crippen molar-refractivity contribution in [3.05, 3.63) is 22.8 Å². The lowest BCUT2D eigenvalue weighted by molar-refractivity contribution is -0.156. The van der Waals surface area contributed by atoms with Gasteiger partial charge in [0.05, 0.1) is 5.41 Å². The van der Waals surface area contributed by atoms with Crippen LogP contribution < -0.4 is 0 Å². The van der Waals surface area contributed by atoms with Gasteiger partial charge in [0.25, 0.3) is 0 Å². The molecule has 3 heteroatoms. The Morgan fingerprint density at radius 3 is 2.46 bits per heavy atom. The Labute approximate surface area is 158 Å². The molecule has 0 aromatic carbocycles. The van der Waals surface area contributed by atoms with Crippen molar-refractivity contribution in [2.45, 2.75) is 80.1 Å². The molecular weight excluding hydrogens is 324 g/mol. The minimum atomic E-state index is -0.496. The van der Waals surface area contributed by atoms with Gasteiger partial charge in [0.2, 0.25) is 0 Å². The van der Waals surface area contributed by atoms with Crippen LogP contribution in [0.2, 0.25) is 0 Å². The van der Waals surface area contributed by atoms with E-state index >= 15 is 0 Å².